The van der Waals surface area contributed by atoms with Crippen molar-refractivity contribution in [2.45, 2.75) is 31.8 Å². The highest BCUT2D eigenvalue weighted by molar-refractivity contribution is 5.94. The van der Waals surface area contributed by atoms with Crippen molar-refractivity contribution in [2.24, 2.45) is 0 Å². The van der Waals surface area contributed by atoms with E-state index in [1.807, 2.05) is 0 Å². The Hall–Kier alpha value is -1.43. The van der Waals surface area contributed by atoms with E-state index in [9.17, 15) is 15.0 Å². The van der Waals surface area contributed by atoms with Crippen molar-refractivity contribution in [3.8, 4) is 0 Å². The fourth-order valence-electron chi connectivity index (χ4n) is 1.86. The van der Waals surface area contributed by atoms with Crippen molar-refractivity contribution in [3.05, 3.63) is 29.8 Å². The summed E-state index contributed by atoms with van der Waals surface area (Å²) in [6.45, 7) is 1.63. The molecule has 0 amide bonds. The Kier molecular flexibility index (Phi) is 3.96. The third-order valence-corrected chi connectivity index (χ3v) is 2.99. The normalized spacial score (nSPS) is 27.8. The number of anilines is 1. The second kappa shape index (κ2) is 5.48. The van der Waals surface area contributed by atoms with Crippen molar-refractivity contribution < 1.29 is 19.7 Å². The van der Waals surface area contributed by atoms with Crippen LogP contribution in [0.3, 0.4) is 0 Å². The number of hydrogen-bond donors (Lipinski definition) is 3. The molecule has 1 aliphatic heterocycles. The molecule has 5 heteroatoms. The number of rotatable bonds is 3. The number of nitrogens with one attached hydrogen (secondary N) is 1. The molecule has 2 rings (SSSR count). The van der Waals surface area contributed by atoms with Crippen LogP contribution in [-0.2, 0) is 4.74 Å². The highest BCUT2D eigenvalue weighted by Gasteiger charge is 2.28. The van der Waals surface area contributed by atoms with E-state index in [1.54, 1.807) is 24.3 Å². The van der Waals surface area contributed by atoms with Crippen molar-refractivity contribution >= 4 is 11.5 Å². The maximum absolute atomic E-state index is 11.1. The number of benzene rings is 1. The lowest BCUT2D eigenvalue weighted by Crippen LogP contribution is -2.44. The van der Waals surface area contributed by atoms with Crippen LogP contribution in [0.2, 0.25) is 0 Å². The number of aliphatic hydroxyl groups excluding tert-OH is 2. The predicted molar refractivity (Wildman–Crippen MR) is 66.4 cm³/mol. The van der Waals surface area contributed by atoms with E-state index in [0.29, 0.717) is 12.0 Å². The van der Waals surface area contributed by atoms with Gasteiger partial charge in [0.2, 0.25) is 0 Å². The van der Waals surface area contributed by atoms with Gasteiger partial charge in [0.15, 0.2) is 5.78 Å². The van der Waals surface area contributed by atoms with Crippen molar-refractivity contribution in [1.29, 1.82) is 0 Å². The van der Waals surface area contributed by atoms with Gasteiger partial charge in [0.25, 0.3) is 0 Å². The average Bonchev–Trinajstić information content (AvgIpc) is 2.34. The summed E-state index contributed by atoms with van der Waals surface area (Å²) < 4.78 is 5.35. The molecule has 0 spiro atoms. The maximum atomic E-state index is 11.1. The first kappa shape index (κ1) is 13.0. The number of carbonyl (C=O) groups excluding carboxylic acids is 1. The van der Waals surface area contributed by atoms with E-state index >= 15 is 0 Å². The Bertz CT molecular complexity index is 418. The minimum absolute atomic E-state index is 0.0222. The van der Waals surface area contributed by atoms with Gasteiger partial charge in [0.05, 0.1) is 12.7 Å². The first-order valence-corrected chi connectivity index (χ1v) is 5.91. The molecule has 1 aromatic rings. The topological polar surface area (TPSA) is 78.8 Å². The van der Waals surface area contributed by atoms with Gasteiger partial charge in [-0.1, -0.05) is 0 Å². The average molecular weight is 251 g/mol. The molecule has 0 aliphatic carbocycles. The highest BCUT2D eigenvalue weighted by atomic mass is 16.5. The van der Waals surface area contributed by atoms with Gasteiger partial charge in [-0.3, -0.25) is 4.79 Å². The van der Waals surface area contributed by atoms with Crippen LogP contribution >= 0.6 is 0 Å². The molecular weight excluding hydrogens is 234 g/mol. The maximum Gasteiger partial charge on any atom is 0.159 e. The van der Waals surface area contributed by atoms with Gasteiger partial charge in [0.1, 0.15) is 12.3 Å². The molecular formula is C13H17NO4. The monoisotopic (exact) mass is 251 g/mol. The number of carbonyl (C=O) groups is 1. The molecule has 3 atom stereocenters. The van der Waals surface area contributed by atoms with Gasteiger partial charge in [-0.15, -0.1) is 0 Å². The van der Waals surface area contributed by atoms with E-state index in [-0.39, 0.29) is 18.6 Å². The van der Waals surface area contributed by atoms with E-state index in [0.717, 1.165) is 5.69 Å². The molecule has 18 heavy (non-hydrogen) atoms. The van der Waals surface area contributed by atoms with Gasteiger partial charge in [-0.2, -0.15) is 0 Å². The van der Waals surface area contributed by atoms with E-state index in [1.165, 1.54) is 6.92 Å². The molecule has 0 aromatic heterocycles. The standard InChI is InChI=1S/C13H17NO4/c1-8(15)9-2-4-10(5-3-9)14-13-6-11(16)12(17)7-18-13/h2-5,11-14,16-17H,6-7H2,1H3/t11-,12-,13-/m1/s1. The van der Waals surface area contributed by atoms with E-state index in [4.69, 9.17) is 4.74 Å². The number of hydrogen-bond acceptors (Lipinski definition) is 5. The van der Waals surface area contributed by atoms with Gasteiger partial charge in [-0.05, 0) is 31.2 Å². The number of aliphatic hydroxyl groups is 2. The third-order valence-electron chi connectivity index (χ3n) is 2.99. The Labute approximate surface area is 105 Å². The SMILES string of the molecule is CC(=O)c1ccc(N[C@H]2C[C@@H](O)[C@H](O)CO2)cc1. The third kappa shape index (κ3) is 3.07. The summed E-state index contributed by atoms with van der Waals surface area (Å²) in [6.07, 6.45) is -1.59. The van der Waals surface area contributed by atoms with Crippen LogP contribution in [0.25, 0.3) is 0 Å². The van der Waals surface area contributed by atoms with Crippen LogP contribution < -0.4 is 5.32 Å². The van der Waals surface area contributed by atoms with Crippen LogP contribution in [0.15, 0.2) is 24.3 Å². The van der Waals surface area contributed by atoms with Crippen LogP contribution in [0.1, 0.15) is 23.7 Å². The molecule has 3 N–H and O–H groups in total. The summed E-state index contributed by atoms with van der Waals surface area (Å²) in [6, 6.07) is 7.05. The summed E-state index contributed by atoms with van der Waals surface area (Å²) in [5.74, 6) is 0.0222. The Morgan fingerprint density at radius 1 is 1.28 bits per heavy atom. The molecule has 1 fully saturated rings. The Balaban J connectivity index is 1.95. The molecule has 1 aliphatic rings. The van der Waals surface area contributed by atoms with Crippen molar-refractivity contribution in [1.82, 2.24) is 0 Å². The zero-order valence-electron chi connectivity index (χ0n) is 10.2. The molecule has 1 aromatic carbocycles. The molecule has 0 unspecified atom stereocenters. The summed E-state index contributed by atoms with van der Waals surface area (Å²) in [5.41, 5.74) is 1.47. The van der Waals surface area contributed by atoms with E-state index in [2.05, 4.69) is 5.32 Å². The largest absolute Gasteiger partial charge is 0.390 e. The van der Waals surface area contributed by atoms with Crippen LogP contribution in [0.4, 0.5) is 5.69 Å². The molecule has 1 heterocycles. The Morgan fingerprint density at radius 3 is 2.50 bits per heavy atom. The molecule has 0 saturated carbocycles. The van der Waals surface area contributed by atoms with Crippen molar-refractivity contribution in [3.63, 3.8) is 0 Å². The Morgan fingerprint density at radius 2 is 1.94 bits per heavy atom. The minimum Gasteiger partial charge on any atom is -0.390 e. The minimum atomic E-state index is -0.817. The zero-order valence-corrected chi connectivity index (χ0v) is 10.2. The fraction of sp³-hybridized carbons (Fsp3) is 0.462. The van der Waals surface area contributed by atoms with E-state index < -0.39 is 12.2 Å². The summed E-state index contributed by atoms with van der Waals surface area (Å²) in [5, 5.41) is 21.9. The fourth-order valence-corrected chi connectivity index (χ4v) is 1.86. The van der Waals surface area contributed by atoms with Gasteiger partial charge < -0.3 is 20.3 Å². The number of ether oxygens (including phenoxy) is 1. The molecule has 0 bridgehead atoms. The smallest absolute Gasteiger partial charge is 0.159 e. The quantitative estimate of drug-likeness (QED) is 0.691. The predicted octanol–water partition coefficient (Wildman–Crippen LogP) is 0.769. The number of Topliss-reactive ketones (excluding diaryl/α,β-unsaturated/α-hetero) is 1. The lowest BCUT2D eigenvalue weighted by molar-refractivity contribution is -0.112. The van der Waals surface area contributed by atoms with Gasteiger partial charge in [-0.25, -0.2) is 0 Å². The molecule has 1 saturated heterocycles. The van der Waals surface area contributed by atoms with Crippen LogP contribution in [-0.4, -0.2) is 41.0 Å². The summed E-state index contributed by atoms with van der Waals surface area (Å²) in [4.78, 5) is 11.1. The first-order chi connectivity index (χ1) is 8.56. The zero-order chi connectivity index (χ0) is 13.1. The second-order valence-electron chi connectivity index (χ2n) is 4.47. The second-order valence-corrected chi connectivity index (χ2v) is 4.47. The van der Waals surface area contributed by atoms with Crippen LogP contribution in [0.5, 0.6) is 0 Å². The molecule has 5 nitrogen and oxygen atoms in total. The van der Waals surface area contributed by atoms with Crippen LogP contribution in [0, 0.1) is 0 Å². The highest BCUT2D eigenvalue weighted by Crippen LogP contribution is 2.18. The molecule has 98 valence electrons. The lowest BCUT2D eigenvalue weighted by Gasteiger charge is -2.31. The summed E-state index contributed by atoms with van der Waals surface area (Å²) >= 11 is 0. The lowest BCUT2D eigenvalue weighted by atomic mass is 10.1. The molecule has 0 radical (unpaired) electrons. The van der Waals surface area contributed by atoms with Gasteiger partial charge >= 0.3 is 0 Å². The summed E-state index contributed by atoms with van der Waals surface area (Å²) in [7, 11) is 0. The van der Waals surface area contributed by atoms with Gasteiger partial charge in [0, 0.05) is 17.7 Å². The van der Waals surface area contributed by atoms with Crippen molar-refractivity contribution in [2.75, 3.05) is 11.9 Å². The number of ketones is 1. The first-order valence-electron chi connectivity index (χ1n) is 5.91.